The van der Waals surface area contributed by atoms with Gasteiger partial charge in [0.25, 0.3) is 0 Å². The molecule has 0 saturated carbocycles. The molecule has 0 radical (unpaired) electrons. The summed E-state index contributed by atoms with van der Waals surface area (Å²) in [6, 6.07) is 3.31. The summed E-state index contributed by atoms with van der Waals surface area (Å²) in [5.41, 5.74) is 7.63. The molecule has 0 aliphatic heterocycles. The lowest BCUT2D eigenvalue weighted by Crippen LogP contribution is -1.94. The van der Waals surface area contributed by atoms with Crippen LogP contribution in [0.15, 0.2) is 29.0 Å². The van der Waals surface area contributed by atoms with Crippen molar-refractivity contribution in [1.82, 2.24) is 9.97 Å². The molecule has 0 saturated heterocycles. The van der Waals surface area contributed by atoms with Crippen LogP contribution < -0.4 is 5.73 Å². The Hall–Kier alpha value is -0.840. The van der Waals surface area contributed by atoms with Gasteiger partial charge in [-0.15, -0.1) is 0 Å². The minimum atomic E-state index is 0.337. The van der Waals surface area contributed by atoms with Gasteiger partial charge in [-0.2, -0.15) is 0 Å². The molecule has 0 aromatic carbocycles. The molecule has 6 heteroatoms. The van der Waals surface area contributed by atoms with E-state index in [2.05, 4.69) is 25.9 Å². The fourth-order valence-corrected chi connectivity index (χ4v) is 2.07. The number of hydrogen-bond acceptors (Lipinski definition) is 3. The van der Waals surface area contributed by atoms with E-state index in [1.165, 1.54) is 0 Å². The third-order valence-electron chi connectivity index (χ3n) is 1.96. The molecule has 2 aromatic rings. The maximum Gasteiger partial charge on any atom is 0.130 e. The van der Waals surface area contributed by atoms with E-state index in [0.717, 1.165) is 4.47 Å². The Kier molecular flexibility index (Phi) is 3.33. The average molecular weight is 319 g/mol. The van der Waals surface area contributed by atoms with E-state index in [1.807, 2.05) is 0 Å². The summed E-state index contributed by atoms with van der Waals surface area (Å²) in [6.07, 6.45) is 3.20. The molecule has 0 fully saturated rings. The highest BCUT2D eigenvalue weighted by molar-refractivity contribution is 9.10. The minimum absolute atomic E-state index is 0.337. The predicted molar refractivity (Wildman–Crippen MR) is 69.6 cm³/mol. The molecular weight excluding hydrogens is 313 g/mol. The van der Waals surface area contributed by atoms with Crippen LogP contribution in [0.5, 0.6) is 0 Å². The van der Waals surface area contributed by atoms with Crippen molar-refractivity contribution >= 4 is 44.8 Å². The Morgan fingerprint density at radius 3 is 2.50 bits per heavy atom. The first-order valence-electron chi connectivity index (χ1n) is 4.30. The number of aromatic nitrogens is 2. The number of nitrogen functional groups attached to an aromatic ring is 1. The lowest BCUT2D eigenvalue weighted by Gasteiger charge is -2.06. The highest BCUT2D eigenvalue weighted by Crippen LogP contribution is 2.31. The standard InChI is InChI=1S/C10H6BrCl2N3/c11-5-1-8(14)10(16-3-5)6-4-15-9(13)2-7(6)12/h1-4H,14H2. The van der Waals surface area contributed by atoms with Crippen molar-refractivity contribution in [2.24, 2.45) is 0 Å². The van der Waals surface area contributed by atoms with Crippen molar-refractivity contribution in [3.8, 4) is 11.3 Å². The molecule has 2 aromatic heterocycles. The second kappa shape index (κ2) is 4.57. The quantitative estimate of drug-likeness (QED) is 0.814. The maximum atomic E-state index is 6.04. The summed E-state index contributed by atoms with van der Waals surface area (Å²) in [7, 11) is 0. The van der Waals surface area contributed by atoms with E-state index in [0.29, 0.717) is 27.1 Å². The molecule has 3 nitrogen and oxygen atoms in total. The molecule has 0 atom stereocenters. The van der Waals surface area contributed by atoms with Crippen molar-refractivity contribution in [3.05, 3.63) is 39.2 Å². The molecule has 0 aliphatic carbocycles. The largest absolute Gasteiger partial charge is 0.397 e. The van der Waals surface area contributed by atoms with Crippen LogP contribution in [0.3, 0.4) is 0 Å². The van der Waals surface area contributed by atoms with Crippen LogP contribution in [0.25, 0.3) is 11.3 Å². The molecule has 16 heavy (non-hydrogen) atoms. The number of nitrogens with two attached hydrogens (primary N) is 1. The van der Waals surface area contributed by atoms with Crippen LogP contribution in [0.4, 0.5) is 5.69 Å². The number of nitrogens with zero attached hydrogens (tertiary/aromatic N) is 2. The van der Waals surface area contributed by atoms with E-state index in [4.69, 9.17) is 28.9 Å². The van der Waals surface area contributed by atoms with Gasteiger partial charge < -0.3 is 5.73 Å². The third kappa shape index (κ3) is 2.29. The fourth-order valence-electron chi connectivity index (χ4n) is 1.26. The van der Waals surface area contributed by atoms with Crippen molar-refractivity contribution in [2.75, 3.05) is 5.73 Å². The third-order valence-corrected chi connectivity index (χ3v) is 2.91. The predicted octanol–water partition coefficient (Wildman–Crippen LogP) is 3.80. The number of anilines is 1. The van der Waals surface area contributed by atoms with E-state index >= 15 is 0 Å². The first kappa shape index (κ1) is 11.6. The zero-order valence-corrected chi connectivity index (χ0v) is 11.0. The molecule has 2 heterocycles. The molecule has 0 spiro atoms. The summed E-state index contributed by atoms with van der Waals surface area (Å²) in [6.45, 7) is 0. The first-order valence-corrected chi connectivity index (χ1v) is 5.85. The van der Waals surface area contributed by atoms with Crippen molar-refractivity contribution in [1.29, 1.82) is 0 Å². The van der Waals surface area contributed by atoms with Gasteiger partial charge in [0.2, 0.25) is 0 Å². The van der Waals surface area contributed by atoms with Crippen LogP contribution in [0, 0.1) is 0 Å². The second-order valence-corrected chi connectivity index (χ2v) is 4.79. The molecular formula is C10H6BrCl2N3. The van der Waals surface area contributed by atoms with Crippen molar-refractivity contribution in [3.63, 3.8) is 0 Å². The van der Waals surface area contributed by atoms with Gasteiger partial charge in [0, 0.05) is 22.4 Å². The van der Waals surface area contributed by atoms with Crippen LogP contribution in [0.1, 0.15) is 0 Å². The van der Waals surface area contributed by atoms with E-state index < -0.39 is 0 Å². The molecule has 0 aliphatic rings. The first-order chi connectivity index (χ1) is 7.58. The number of hydrogen-bond donors (Lipinski definition) is 1. The van der Waals surface area contributed by atoms with Crippen LogP contribution in [-0.4, -0.2) is 9.97 Å². The molecule has 2 N–H and O–H groups in total. The van der Waals surface area contributed by atoms with Gasteiger partial charge in [-0.05, 0) is 28.1 Å². The Balaban J connectivity index is 2.59. The van der Waals surface area contributed by atoms with Gasteiger partial charge in [-0.1, -0.05) is 23.2 Å². The topological polar surface area (TPSA) is 51.8 Å². The lowest BCUT2D eigenvalue weighted by molar-refractivity contribution is 1.27. The monoisotopic (exact) mass is 317 g/mol. The maximum absolute atomic E-state index is 6.04. The summed E-state index contributed by atoms with van der Waals surface area (Å²) < 4.78 is 0.812. The SMILES string of the molecule is Nc1cc(Br)cnc1-c1cnc(Cl)cc1Cl. The Morgan fingerprint density at radius 2 is 1.88 bits per heavy atom. The summed E-state index contributed by atoms with van der Waals surface area (Å²) in [5, 5.41) is 0.811. The van der Waals surface area contributed by atoms with Crippen LogP contribution >= 0.6 is 39.1 Å². The molecule has 0 unspecified atom stereocenters. The highest BCUT2D eigenvalue weighted by Gasteiger charge is 2.10. The van der Waals surface area contributed by atoms with E-state index in [-0.39, 0.29) is 0 Å². The van der Waals surface area contributed by atoms with Gasteiger partial charge in [0.05, 0.1) is 16.4 Å². The van der Waals surface area contributed by atoms with Crippen molar-refractivity contribution in [2.45, 2.75) is 0 Å². The van der Waals surface area contributed by atoms with Gasteiger partial charge in [-0.3, -0.25) is 4.98 Å². The van der Waals surface area contributed by atoms with Gasteiger partial charge in [0.15, 0.2) is 0 Å². The number of pyridine rings is 2. The zero-order valence-electron chi connectivity index (χ0n) is 7.92. The van der Waals surface area contributed by atoms with Gasteiger partial charge in [0.1, 0.15) is 5.15 Å². The molecule has 2 rings (SSSR count). The lowest BCUT2D eigenvalue weighted by atomic mass is 10.1. The number of rotatable bonds is 1. The van der Waals surface area contributed by atoms with Crippen LogP contribution in [0.2, 0.25) is 10.2 Å². The zero-order chi connectivity index (χ0) is 11.7. The van der Waals surface area contributed by atoms with Gasteiger partial charge in [-0.25, -0.2) is 4.98 Å². The highest BCUT2D eigenvalue weighted by atomic mass is 79.9. The molecule has 0 amide bonds. The molecule has 0 bridgehead atoms. The second-order valence-electron chi connectivity index (χ2n) is 3.08. The van der Waals surface area contributed by atoms with E-state index in [1.54, 1.807) is 24.5 Å². The smallest absolute Gasteiger partial charge is 0.130 e. The van der Waals surface area contributed by atoms with Crippen LogP contribution in [-0.2, 0) is 0 Å². The van der Waals surface area contributed by atoms with Gasteiger partial charge >= 0.3 is 0 Å². The number of halogens is 3. The van der Waals surface area contributed by atoms with E-state index in [9.17, 15) is 0 Å². The normalized spacial score (nSPS) is 10.4. The fraction of sp³-hybridized carbons (Fsp3) is 0. The summed E-state index contributed by atoms with van der Waals surface area (Å²) in [4.78, 5) is 8.15. The average Bonchev–Trinajstić information content (AvgIpc) is 2.19. The Bertz CT molecular complexity index is 496. The van der Waals surface area contributed by atoms with Crippen molar-refractivity contribution < 1.29 is 0 Å². The Labute approximate surface area is 111 Å². The molecule has 82 valence electrons. The minimum Gasteiger partial charge on any atom is -0.397 e. The Morgan fingerprint density at radius 1 is 1.12 bits per heavy atom. The summed E-state index contributed by atoms with van der Waals surface area (Å²) in [5.74, 6) is 0. The summed E-state index contributed by atoms with van der Waals surface area (Å²) >= 11 is 15.0.